The van der Waals surface area contributed by atoms with Crippen molar-refractivity contribution in [3.05, 3.63) is 78.9 Å². The lowest BCUT2D eigenvalue weighted by molar-refractivity contribution is 0.415. The molecule has 3 heteroatoms. The maximum atomic E-state index is 5.25. The maximum absolute atomic E-state index is 5.25. The average molecular weight is 304 g/mol. The Morgan fingerprint density at radius 2 is 1.00 bits per heavy atom. The Kier molecular flexibility index (Phi) is 4.48. The van der Waals surface area contributed by atoms with Crippen molar-refractivity contribution in [1.82, 2.24) is 0 Å². The van der Waals surface area contributed by atoms with E-state index in [1.807, 2.05) is 72.8 Å². The van der Waals surface area contributed by atoms with Crippen LogP contribution in [0, 0.1) is 6.07 Å². The highest BCUT2D eigenvalue weighted by Crippen LogP contribution is 2.35. The first-order chi connectivity index (χ1) is 11.3. The van der Waals surface area contributed by atoms with Crippen molar-refractivity contribution in [3.63, 3.8) is 0 Å². The highest BCUT2D eigenvalue weighted by Gasteiger charge is 2.12. The molecule has 1 radical (unpaired) electrons. The Morgan fingerprint density at radius 3 is 1.39 bits per heavy atom. The largest absolute Gasteiger partial charge is 0.497 e. The molecular formula is C20H18NO2. The zero-order valence-corrected chi connectivity index (χ0v) is 13.2. The van der Waals surface area contributed by atoms with Crippen molar-refractivity contribution in [3.8, 4) is 11.5 Å². The van der Waals surface area contributed by atoms with E-state index in [4.69, 9.17) is 9.47 Å². The Bertz CT molecular complexity index is 689. The first-order valence-electron chi connectivity index (χ1n) is 7.36. The zero-order valence-electron chi connectivity index (χ0n) is 13.2. The summed E-state index contributed by atoms with van der Waals surface area (Å²) in [6.45, 7) is 0. The van der Waals surface area contributed by atoms with E-state index in [-0.39, 0.29) is 0 Å². The third kappa shape index (κ3) is 3.29. The lowest BCUT2D eigenvalue weighted by atomic mass is 10.2. The fraction of sp³-hybridized carbons (Fsp3) is 0.100. The van der Waals surface area contributed by atoms with Crippen LogP contribution >= 0.6 is 0 Å². The quantitative estimate of drug-likeness (QED) is 0.664. The van der Waals surface area contributed by atoms with E-state index in [0.29, 0.717) is 0 Å². The molecule has 0 spiro atoms. The number of nitrogens with zero attached hydrogens (tertiary/aromatic N) is 1. The summed E-state index contributed by atoms with van der Waals surface area (Å²) in [6.07, 6.45) is 0. The van der Waals surface area contributed by atoms with Crippen LogP contribution in [0.15, 0.2) is 72.8 Å². The predicted octanol–water partition coefficient (Wildman–Crippen LogP) is 4.97. The van der Waals surface area contributed by atoms with Gasteiger partial charge in [-0.15, -0.1) is 0 Å². The third-order valence-corrected chi connectivity index (χ3v) is 3.62. The molecule has 0 saturated carbocycles. The van der Waals surface area contributed by atoms with Gasteiger partial charge in [-0.1, -0.05) is 12.1 Å². The van der Waals surface area contributed by atoms with Gasteiger partial charge < -0.3 is 14.4 Å². The molecule has 0 aliphatic rings. The van der Waals surface area contributed by atoms with Crippen molar-refractivity contribution >= 4 is 17.1 Å². The minimum atomic E-state index is 0.838. The first kappa shape index (κ1) is 15.0. The summed E-state index contributed by atoms with van der Waals surface area (Å²) in [5.41, 5.74) is 3.18. The number of anilines is 3. The van der Waals surface area contributed by atoms with E-state index in [0.717, 1.165) is 28.6 Å². The van der Waals surface area contributed by atoms with Crippen molar-refractivity contribution in [2.75, 3.05) is 19.1 Å². The molecule has 3 nitrogen and oxygen atoms in total. The minimum Gasteiger partial charge on any atom is -0.497 e. The van der Waals surface area contributed by atoms with Gasteiger partial charge in [0.1, 0.15) is 11.5 Å². The third-order valence-electron chi connectivity index (χ3n) is 3.62. The molecule has 0 aliphatic heterocycles. The second kappa shape index (κ2) is 6.88. The number of rotatable bonds is 5. The van der Waals surface area contributed by atoms with E-state index in [2.05, 4.69) is 11.0 Å². The van der Waals surface area contributed by atoms with Gasteiger partial charge in [0, 0.05) is 17.1 Å². The van der Waals surface area contributed by atoms with Gasteiger partial charge in [0.05, 0.1) is 14.2 Å². The smallest absolute Gasteiger partial charge is 0.119 e. The molecule has 3 rings (SSSR count). The average Bonchev–Trinajstić information content (AvgIpc) is 2.64. The summed E-state index contributed by atoms with van der Waals surface area (Å²) < 4.78 is 10.5. The monoisotopic (exact) mass is 304 g/mol. The summed E-state index contributed by atoms with van der Waals surface area (Å²) in [4.78, 5) is 2.17. The van der Waals surface area contributed by atoms with Crippen LogP contribution in [-0.4, -0.2) is 14.2 Å². The molecule has 115 valence electrons. The highest BCUT2D eigenvalue weighted by atomic mass is 16.5. The highest BCUT2D eigenvalue weighted by molar-refractivity contribution is 5.76. The van der Waals surface area contributed by atoms with Gasteiger partial charge in [-0.3, -0.25) is 0 Å². The molecule has 0 unspecified atom stereocenters. The Hall–Kier alpha value is -2.94. The Balaban J connectivity index is 2.05. The lowest BCUT2D eigenvalue weighted by Crippen LogP contribution is -2.09. The Morgan fingerprint density at radius 1 is 0.609 bits per heavy atom. The van der Waals surface area contributed by atoms with Crippen LogP contribution in [-0.2, 0) is 0 Å². The van der Waals surface area contributed by atoms with Crippen LogP contribution in [0.1, 0.15) is 0 Å². The van der Waals surface area contributed by atoms with Crippen molar-refractivity contribution < 1.29 is 9.47 Å². The summed E-state index contributed by atoms with van der Waals surface area (Å²) in [5.74, 6) is 1.68. The zero-order chi connectivity index (χ0) is 16.1. The molecule has 23 heavy (non-hydrogen) atoms. The molecular weight excluding hydrogens is 286 g/mol. The molecule has 0 bridgehead atoms. The second-order valence-electron chi connectivity index (χ2n) is 4.99. The topological polar surface area (TPSA) is 21.7 Å². The predicted molar refractivity (Wildman–Crippen MR) is 93.1 cm³/mol. The first-order valence-corrected chi connectivity index (χ1v) is 7.36. The number of benzene rings is 3. The van der Waals surface area contributed by atoms with Crippen molar-refractivity contribution in [2.45, 2.75) is 0 Å². The van der Waals surface area contributed by atoms with Gasteiger partial charge in [-0.25, -0.2) is 0 Å². The molecule has 0 amide bonds. The van der Waals surface area contributed by atoms with E-state index < -0.39 is 0 Å². The van der Waals surface area contributed by atoms with Gasteiger partial charge in [0.2, 0.25) is 0 Å². The van der Waals surface area contributed by atoms with E-state index in [9.17, 15) is 0 Å². The van der Waals surface area contributed by atoms with Gasteiger partial charge in [0.25, 0.3) is 0 Å². The van der Waals surface area contributed by atoms with Crippen LogP contribution in [0.5, 0.6) is 11.5 Å². The second-order valence-corrected chi connectivity index (χ2v) is 4.99. The SMILES string of the molecule is COc1ccc(N(c2cc[c]cc2)c2ccc(OC)cc2)cc1. The minimum absolute atomic E-state index is 0.838. The van der Waals surface area contributed by atoms with E-state index in [1.165, 1.54) is 0 Å². The van der Waals surface area contributed by atoms with Crippen molar-refractivity contribution in [1.29, 1.82) is 0 Å². The number of hydrogen-bond acceptors (Lipinski definition) is 3. The van der Waals surface area contributed by atoms with Gasteiger partial charge in [-0.05, 0) is 66.7 Å². The molecule has 3 aromatic rings. The van der Waals surface area contributed by atoms with Crippen LogP contribution in [0.2, 0.25) is 0 Å². The fourth-order valence-electron chi connectivity index (χ4n) is 2.44. The summed E-state index contributed by atoms with van der Waals surface area (Å²) in [7, 11) is 3.34. The van der Waals surface area contributed by atoms with Gasteiger partial charge in [-0.2, -0.15) is 0 Å². The molecule has 0 N–H and O–H groups in total. The van der Waals surface area contributed by atoms with Crippen LogP contribution in [0.4, 0.5) is 17.1 Å². The molecule has 0 atom stereocenters. The van der Waals surface area contributed by atoms with Crippen LogP contribution in [0.3, 0.4) is 0 Å². The number of methoxy groups -OCH3 is 2. The van der Waals surface area contributed by atoms with Crippen LogP contribution in [0.25, 0.3) is 0 Å². The van der Waals surface area contributed by atoms with E-state index in [1.54, 1.807) is 14.2 Å². The standard InChI is InChI=1S/C20H18NO2/c1-22-19-12-8-17(9-13-19)21(16-6-4-3-5-7-16)18-10-14-20(23-2)15-11-18/h4-15H,1-2H3. The van der Waals surface area contributed by atoms with Crippen molar-refractivity contribution in [2.24, 2.45) is 0 Å². The normalized spacial score (nSPS) is 10.2. The van der Waals surface area contributed by atoms with Gasteiger partial charge >= 0.3 is 0 Å². The summed E-state index contributed by atoms with van der Waals surface area (Å²) >= 11 is 0. The molecule has 0 heterocycles. The summed E-state index contributed by atoms with van der Waals surface area (Å²) in [5, 5.41) is 0. The number of ether oxygens (including phenoxy) is 2. The Labute approximate surface area is 136 Å². The fourth-order valence-corrected chi connectivity index (χ4v) is 2.44. The number of hydrogen-bond donors (Lipinski definition) is 0. The molecule has 0 fully saturated rings. The van der Waals surface area contributed by atoms with Crippen LogP contribution < -0.4 is 14.4 Å². The molecule has 0 aliphatic carbocycles. The maximum Gasteiger partial charge on any atom is 0.119 e. The lowest BCUT2D eigenvalue weighted by Gasteiger charge is -2.25. The molecule has 3 aromatic carbocycles. The van der Waals surface area contributed by atoms with E-state index >= 15 is 0 Å². The molecule has 0 saturated heterocycles. The van der Waals surface area contributed by atoms with Gasteiger partial charge in [0.15, 0.2) is 0 Å². The molecule has 0 aromatic heterocycles. The summed E-state index contributed by atoms with van der Waals surface area (Å²) in [6, 6.07) is 27.0.